The van der Waals surface area contributed by atoms with Gasteiger partial charge in [-0.15, -0.1) is 0 Å². The fraction of sp³-hybridized carbons (Fsp3) is 0.263. The number of hydrogen-bond donors (Lipinski definition) is 1. The van der Waals surface area contributed by atoms with Crippen LogP contribution in [0.5, 0.6) is 5.75 Å². The van der Waals surface area contributed by atoms with Gasteiger partial charge in [0.15, 0.2) is 5.16 Å². The van der Waals surface area contributed by atoms with Crippen molar-refractivity contribution in [3.8, 4) is 5.75 Å². The van der Waals surface area contributed by atoms with Gasteiger partial charge in [0.25, 0.3) is 0 Å². The average Bonchev–Trinajstić information content (AvgIpc) is 2.60. The second-order valence-electron chi connectivity index (χ2n) is 5.51. The molecule has 124 valence electrons. The minimum absolute atomic E-state index is 0.771. The highest BCUT2D eigenvalue weighted by Gasteiger charge is 2.09. The van der Waals surface area contributed by atoms with Gasteiger partial charge in [-0.1, -0.05) is 41.6 Å². The monoisotopic (exact) mass is 339 g/mol. The van der Waals surface area contributed by atoms with E-state index in [1.807, 2.05) is 30.3 Å². The number of methoxy groups -OCH3 is 1. The minimum Gasteiger partial charge on any atom is -0.496 e. The highest BCUT2D eigenvalue weighted by atomic mass is 32.2. The number of thioether (sulfide) groups is 1. The lowest BCUT2D eigenvalue weighted by Crippen LogP contribution is -2.02. The smallest absolute Gasteiger partial charge is 0.190 e. The van der Waals surface area contributed by atoms with Crippen LogP contribution in [0.1, 0.15) is 18.1 Å². The number of aromatic nitrogens is 2. The zero-order valence-corrected chi connectivity index (χ0v) is 15.0. The van der Waals surface area contributed by atoms with Gasteiger partial charge in [-0.05, 0) is 32.0 Å². The lowest BCUT2D eigenvalue weighted by Gasteiger charge is -2.11. The number of fused-ring (bicyclic) bond motifs is 1. The summed E-state index contributed by atoms with van der Waals surface area (Å²) >= 11 is 1.62. The van der Waals surface area contributed by atoms with Gasteiger partial charge in [-0.25, -0.2) is 9.97 Å². The highest BCUT2D eigenvalue weighted by molar-refractivity contribution is 7.98. The number of ether oxygens (including phenoxy) is 1. The van der Waals surface area contributed by atoms with Crippen LogP contribution in [0.4, 0.5) is 5.82 Å². The van der Waals surface area contributed by atoms with Crippen molar-refractivity contribution in [1.29, 1.82) is 0 Å². The molecule has 3 rings (SSSR count). The van der Waals surface area contributed by atoms with Crippen LogP contribution in [0.2, 0.25) is 0 Å². The van der Waals surface area contributed by atoms with Gasteiger partial charge in [-0.2, -0.15) is 0 Å². The molecule has 0 saturated carbocycles. The summed E-state index contributed by atoms with van der Waals surface area (Å²) in [5.74, 6) is 2.57. The van der Waals surface area contributed by atoms with Crippen LogP contribution >= 0.6 is 11.8 Å². The Kier molecular flexibility index (Phi) is 5.20. The maximum atomic E-state index is 5.45. The normalized spacial score (nSPS) is 10.8. The summed E-state index contributed by atoms with van der Waals surface area (Å²) in [6.07, 6.45) is 0. The molecule has 0 aliphatic heterocycles. The van der Waals surface area contributed by atoms with E-state index < -0.39 is 0 Å². The predicted molar refractivity (Wildman–Crippen MR) is 101 cm³/mol. The van der Waals surface area contributed by atoms with Gasteiger partial charge >= 0.3 is 0 Å². The van der Waals surface area contributed by atoms with Crippen LogP contribution in [0.3, 0.4) is 0 Å². The lowest BCUT2D eigenvalue weighted by molar-refractivity contribution is 0.411. The number of hydrogen-bond acceptors (Lipinski definition) is 5. The molecule has 5 heteroatoms. The van der Waals surface area contributed by atoms with E-state index in [1.165, 1.54) is 5.56 Å². The summed E-state index contributed by atoms with van der Waals surface area (Å²) < 4.78 is 5.45. The van der Waals surface area contributed by atoms with Crippen molar-refractivity contribution in [1.82, 2.24) is 9.97 Å². The first-order valence-electron chi connectivity index (χ1n) is 7.98. The third-order valence-electron chi connectivity index (χ3n) is 3.72. The van der Waals surface area contributed by atoms with Gasteiger partial charge in [0.1, 0.15) is 11.6 Å². The Morgan fingerprint density at radius 1 is 1.12 bits per heavy atom. The number of nitrogens with one attached hydrogen (secondary N) is 1. The molecule has 0 fully saturated rings. The summed E-state index contributed by atoms with van der Waals surface area (Å²) in [6, 6.07) is 14.3. The van der Waals surface area contributed by atoms with Crippen molar-refractivity contribution < 1.29 is 4.74 Å². The standard InChI is InChI=1S/C19H21N3OS/c1-4-20-18-15-7-5-6-8-16(15)21-19(22-18)24-12-14-11-13(2)9-10-17(14)23-3/h5-11H,4,12H2,1-3H3,(H,20,21,22). The predicted octanol–water partition coefficient (Wildman–Crippen LogP) is 4.67. The SMILES string of the molecule is CCNc1nc(SCc2cc(C)ccc2OC)nc2ccccc12. The van der Waals surface area contributed by atoms with E-state index in [-0.39, 0.29) is 0 Å². The van der Waals surface area contributed by atoms with Crippen molar-refractivity contribution in [2.75, 3.05) is 19.0 Å². The van der Waals surface area contributed by atoms with Crippen molar-refractivity contribution in [3.63, 3.8) is 0 Å². The minimum atomic E-state index is 0.771. The van der Waals surface area contributed by atoms with Crippen molar-refractivity contribution >= 4 is 28.5 Å². The van der Waals surface area contributed by atoms with E-state index in [0.717, 1.165) is 45.5 Å². The van der Waals surface area contributed by atoms with Gasteiger partial charge < -0.3 is 10.1 Å². The van der Waals surface area contributed by atoms with Gasteiger partial charge in [0.05, 0.1) is 12.6 Å². The Morgan fingerprint density at radius 3 is 2.75 bits per heavy atom. The van der Waals surface area contributed by atoms with Crippen LogP contribution in [-0.2, 0) is 5.75 Å². The maximum absolute atomic E-state index is 5.45. The number of anilines is 1. The molecule has 4 nitrogen and oxygen atoms in total. The second kappa shape index (κ2) is 7.53. The lowest BCUT2D eigenvalue weighted by atomic mass is 10.1. The molecule has 2 aromatic carbocycles. The third kappa shape index (κ3) is 3.62. The second-order valence-corrected chi connectivity index (χ2v) is 6.45. The Hall–Kier alpha value is -2.27. The van der Waals surface area contributed by atoms with Crippen molar-refractivity contribution in [3.05, 3.63) is 53.6 Å². The molecule has 0 atom stereocenters. The number of nitrogens with zero attached hydrogens (tertiary/aromatic N) is 2. The number of rotatable bonds is 6. The molecule has 1 heterocycles. The molecule has 0 radical (unpaired) electrons. The zero-order valence-electron chi connectivity index (χ0n) is 14.2. The zero-order chi connectivity index (χ0) is 16.9. The fourth-order valence-electron chi connectivity index (χ4n) is 2.58. The molecular weight excluding hydrogens is 318 g/mol. The molecule has 0 amide bonds. The summed E-state index contributed by atoms with van der Waals surface area (Å²) in [5, 5.41) is 5.16. The van der Waals surface area contributed by atoms with Gasteiger partial charge in [0.2, 0.25) is 0 Å². The molecule has 3 aromatic rings. The summed E-state index contributed by atoms with van der Waals surface area (Å²) in [5.41, 5.74) is 3.34. The Labute approximate surface area is 146 Å². The first-order chi connectivity index (χ1) is 11.7. The fourth-order valence-corrected chi connectivity index (χ4v) is 3.41. The topological polar surface area (TPSA) is 47.0 Å². The Balaban J connectivity index is 1.89. The van der Waals surface area contributed by atoms with Crippen LogP contribution in [0.25, 0.3) is 10.9 Å². The van der Waals surface area contributed by atoms with E-state index in [2.05, 4.69) is 41.3 Å². The molecular formula is C19H21N3OS. The van der Waals surface area contributed by atoms with Gasteiger partial charge in [0, 0.05) is 23.2 Å². The largest absolute Gasteiger partial charge is 0.496 e. The molecule has 0 saturated heterocycles. The quantitative estimate of drug-likeness (QED) is 0.522. The van der Waals surface area contributed by atoms with E-state index in [9.17, 15) is 0 Å². The highest BCUT2D eigenvalue weighted by Crippen LogP contribution is 2.29. The molecule has 1 N–H and O–H groups in total. The van der Waals surface area contributed by atoms with E-state index >= 15 is 0 Å². The molecule has 24 heavy (non-hydrogen) atoms. The van der Waals surface area contributed by atoms with Crippen LogP contribution < -0.4 is 10.1 Å². The number of benzene rings is 2. The summed E-state index contributed by atoms with van der Waals surface area (Å²) in [7, 11) is 1.70. The summed E-state index contributed by atoms with van der Waals surface area (Å²) in [4.78, 5) is 9.37. The first-order valence-corrected chi connectivity index (χ1v) is 8.96. The van der Waals surface area contributed by atoms with Crippen molar-refractivity contribution in [2.24, 2.45) is 0 Å². The van der Waals surface area contributed by atoms with Crippen LogP contribution in [-0.4, -0.2) is 23.6 Å². The third-order valence-corrected chi connectivity index (χ3v) is 4.62. The average molecular weight is 339 g/mol. The first kappa shape index (κ1) is 16.6. The van der Waals surface area contributed by atoms with Crippen LogP contribution in [0.15, 0.2) is 47.6 Å². The van der Waals surface area contributed by atoms with E-state index in [0.29, 0.717) is 0 Å². The number of para-hydroxylation sites is 1. The molecule has 0 spiro atoms. The van der Waals surface area contributed by atoms with Crippen LogP contribution in [0, 0.1) is 6.92 Å². The maximum Gasteiger partial charge on any atom is 0.190 e. The Bertz CT molecular complexity index is 851. The molecule has 0 unspecified atom stereocenters. The number of aryl methyl sites for hydroxylation is 1. The van der Waals surface area contributed by atoms with E-state index in [1.54, 1.807) is 18.9 Å². The van der Waals surface area contributed by atoms with Gasteiger partial charge in [-0.3, -0.25) is 0 Å². The van der Waals surface area contributed by atoms with E-state index in [4.69, 9.17) is 4.74 Å². The summed E-state index contributed by atoms with van der Waals surface area (Å²) in [6.45, 7) is 4.99. The molecule has 0 aliphatic rings. The Morgan fingerprint density at radius 2 is 1.96 bits per heavy atom. The molecule has 0 aliphatic carbocycles. The molecule has 0 bridgehead atoms. The molecule has 1 aromatic heterocycles. The van der Waals surface area contributed by atoms with Crippen molar-refractivity contribution in [2.45, 2.75) is 24.8 Å².